The van der Waals surface area contributed by atoms with Gasteiger partial charge in [-0.1, -0.05) is 6.58 Å². The van der Waals surface area contributed by atoms with E-state index in [1.165, 1.54) is 17.4 Å². The number of amides is 1. The van der Waals surface area contributed by atoms with E-state index >= 15 is 0 Å². The first-order chi connectivity index (χ1) is 10.1. The first-order valence-corrected chi connectivity index (χ1v) is 8.04. The maximum Gasteiger partial charge on any atom is 0.357 e. The van der Waals surface area contributed by atoms with Crippen molar-refractivity contribution >= 4 is 23.2 Å². The molecule has 1 aromatic rings. The third-order valence-corrected chi connectivity index (χ3v) is 4.38. The molecular formula is C15H20N2O3S. The fraction of sp³-hybridized carbons (Fsp3) is 0.533. The van der Waals surface area contributed by atoms with Gasteiger partial charge < -0.3 is 9.64 Å². The fourth-order valence-corrected chi connectivity index (χ4v) is 3.39. The zero-order valence-corrected chi connectivity index (χ0v) is 13.0. The third-order valence-electron chi connectivity index (χ3n) is 3.50. The number of esters is 1. The van der Waals surface area contributed by atoms with Crippen LogP contribution in [0.2, 0.25) is 0 Å². The first kappa shape index (κ1) is 15.7. The molecule has 0 radical (unpaired) electrons. The van der Waals surface area contributed by atoms with Crippen LogP contribution in [0.1, 0.15) is 35.3 Å². The van der Waals surface area contributed by atoms with Crippen LogP contribution in [-0.2, 0) is 16.0 Å². The van der Waals surface area contributed by atoms with Crippen molar-refractivity contribution in [3.05, 3.63) is 28.7 Å². The van der Waals surface area contributed by atoms with E-state index < -0.39 is 0 Å². The lowest BCUT2D eigenvalue weighted by Gasteiger charge is -2.31. The molecule has 1 fully saturated rings. The molecule has 0 aliphatic carbocycles. The van der Waals surface area contributed by atoms with E-state index in [9.17, 15) is 9.59 Å². The van der Waals surface area contributed by atoms with Gasteiger partial charge in [0, 0.05) is 24.9 Å². The van der Waals surface area contributed by atoms with Crippen molar-refractivity contribution in [3.8, 4) is 0 Å². The molecule has 0 N–H and O–H groups in total. The molecule has 6 heteroatoms. The van der Waals surface area contributed by atoms with Crippen LogP contribution in [0.3, 0.4) is 0 Å². The van der Waals surface area contributed by atoms with Crippen LogP contribution < -0.4 is 0 Å². The van der Waals surface area contributed by atoms with Gasteiger partial charge >= 0.3 is 5.97 Å². The molecule has 1 aliphatic heterocycles. The van der Waals surface area contributed by atoms with E-state index in [0.29, 0.717) is 18.2 Å². The average molecular weight is 308 g/mol. The first-order valence-electron chi connectivity index (χ1n) is 7.17. The van der Waals surface area contributed by atoms with Crippen molar-refractivity contribution in [3.63, 3.8) is 0 Å². The summed E-state index contributed by atoms with van der Waals surface area (Å²) in [7, 11) is 0. The Bertz CT molecular complexity index is 527. The van der Waals surface area contributed by atoms with Crippen LogP contribution >= 0.6 is 11.3 Å². The Labute approximate surface area is 128 Å². The molecule has 1 atom stereocenters. The van der Waals surface area contributed by atoms with Crippen molar-refractivity contribution in [2.75, 3.05) is 19.7 Å². The highest BCUT2D eigenvalue weighted by Crippen LogP contribution is 2.23. The summed E-state index contributed by atoms with van der Waals surface area (Å²) in [4.78, 5) is 29.4. The Morgan fingerprint density at radius 1 is 1.62 bits per heavy atom. The molecule has 1 aromatic heterocycles. The molecule has 5 nitrogen and oxygen atoms in total. The van der Waals surface area contributed by atoms with E-state index in [1.807, 2.05) is 4.90 Å². The summed E-state index contributed by atoms with van der Waals surface area (Å²) < 4.78 is 4.94. The van der Waals surface area contributed by atoms with E-state index in [1.54, 1.807) is 12.3 Å². The number of likely N-dealkylation sites (tertiary alicyclic amines) is 1. The molecular weight excluding hydrogens is 288 g/mol. The molecule has 114 valence electrons. The zero-order chi connectivity index (χ0) is 15.2. The smallest absolute Gasteiger partial charge is 0.357 e. The molecule has 0 saturated carbocycles. The summed E-state index contributed by atoms with van der Waals surface area (Å²) in [6.45, 7) is 7.20. The number of rotatable bonds is 5. The second-order valence-corrected chi connectivity index (χ2v) is 5.99. The number of ether oxygens (including phenoxy) is 1. The number of hydrogen-bond acceptors (Lipinski definition) is 5. The summed E-state index contributed by atoms with van der Waals surface area (Å²) in [6, 6.07) is 0. The molecule has 1 unspecified atom stereocenters. The molecule has 2 rings (SSSR count). The Balaban J connectivity index is 1.93. The minimum Gasteiger partial charge on any atom is -0.461 e. The van der Waals surface area contributed by atoms with Gasteiger partial charge in [-0.2, -0.15) is 0 Å². The number of carbonyl (C=O) groups excluding carboxylic acids is 2. The molecule has 2 heterocycles. The van der Waals surface area contributed by atoms with Crippen LogP contribution in [0.25, 0.3) is 0 Å². The molecule has 1 amide bonds. The van der Waals surface area contributed by atoms with Crippen molar-refractivity contribution in [1.82, 2.24) is 9.88 Å². The number of thiazole rings is 1. The average Bonchev–Trinajstić information content (AvgIpc) is 2.95. The zero-order valence-electron chi connectivity index (χ0n) is 12.2. The van der Waals surface area contributed by atoms with Gasteiger partial charge in [-0.25, -0.2) is 9.78 Å². The highest BCUT2D eigenvalue weighted by Gasteiger charge is 2.23. The monoisotopic (exact) mass is 308 g/mol. The molecule has 1 aliphatic rings. The van der Waals surface area contributed by atoms with Gasteiger partial charge in [0.2, 0.25) is 5.91 Å². The van der Waals surface area contributed by atoms with Gasteiger partial charge in [-0.05, 0) is 31.8 Å². The summed E-state index contributed by atoms with van der Waals surface area (Å²) >= 11 is 1.48. The number of aromatic nitrogens is 1. The highest BCUT2D eigenvalue weighted by atomic mass is 32.1. The Morgan fingerprint density at radius 2 is 2.43 bits per heavy atom. The number of nitrogens with zero attached hydrogens (tertiary/aromatic N) is 2. The molecule has 0 aromatic carbocycles. The van der Waals surface area contributed by atoms with Crippen LogP contribution in [0.15, 0.2) is 18.0 Å². The maximum absolute atomic E-state index is 11.7. The lowest BCUT2D eigenvalue weighted by atomic mass is 9.95. The summed E-state index contributed by atoms with van der Waals surface area (Å²) in [5.74, 6) is 0.0157. The highest BCUT2D eigenvalue weighted by molar-refractivity contribution is 7.09. The van der Waals surface area contributed by atoms with Crippen molar-refractivity contribution in [2.45, 2.75) is 26.2 Å². The predicted molar refractivity (Wildman–Crippen MR) is 81.3 cm³/mol. The number of hydrogen-bond donors (Lipinski definition) is 0. The maximum atomic E-state index is 11.7. The van der Waals surface area contributed by atoms with Crippen molar-refractivity contribution in [2.24, 2.45) is 5.92 Å². The van der Waals surface area contributed by atoms with E-state index in [-0.39, 0.29) is 11.9 Å². The Morgan fingerprint density at radius 3 is 3.14 bits per heavy atom. The Kier molecular flexibility index (Phi) is 5.50. The molecule has 21 heavy (non-hydrogen) atoms. The molecule has 1 saturated heterocycles. The summed E-state index contributed by atoms with van der Waals surface area (Å²) in [6.07, 6.45) is 4.24. The van der Waals surface area contributed by atoms with Crippen molar-refractivity contribution in [1.29, 1.82) is 0 Å². The molecule has 0 spiro atoms. The van der Waals surface area contributed by atoms with E-state index in [0.717, 1.165) is 37.4 Å². The van der Waals surface area contributed by atoms with Gasteiger partial charge in [0.25, 0.3) is 0 Å². The van der Waals surface area contributed by atoms with Crippen molar-refractivity contribution < 1.29 is 14.3 Å². The predicted octanol–water partition coefficient (Wildman–Crippen LogP) is 2.29. The quantitative estimate of drug-likeness (QED) is 0.618. The van der Waals surface area contributed by atoms with Gasteiger partial charge in [-0.3, -0.25) is 4.79 Å². The van der Waals surface area contributed by atoms with Gasteiger partial charge in [0.05, 0.1) is 11.6 Å². The lowest BCUT2D eigenvalue weighted by Crippen LogP contribution is -2.39. The van der Waals surface area contributed by atoms with Crippen LogP contribution in [0.4, 0.5) is 0 Å². The standard InChI is InChI=1S/C15H20N2O3S/c1-3-14(18)17-7-5-6-11(9-17)8-13-16-12(10-21-13)15(19)20-4-2/h3,10-11H,1,4-9H2,2H3. The number of carbonyl (C=O) groups is 2. The Hall–Kier alpha value is -1.69. The SMILES string of the molecule is C=CC(=O)N1CCCC(Cc2nc(C(=O)OCC)cs2)C1. The topological polar surface area (TPSA) is 59.5 Å². The summed E-state index contributed by atoms with van der Waals surface area (Å²) in [5, 5.41) is 2.67. The normalized spacial score (nSPS) is 18.3. The van der Waals surface area contributed by atoms with Gasteiger partial charge in [0.15, 0.2) is 5.69 Å². The summed E-state index contributed by atoms with van der Waals surface area (Å²) in [5.41, 5.74) is 0.381. The minimum atomic E-state index is -0.368. The van der Waals surface area contributed by atoms with Gasteiger partial charge in [-0.15, -0.1) is 11.3 Å². The van der Waals surface area contributed by atoms with Gasteiger partial charge in [0.1, 0.15) is 0 Å². The number of piperidine rings is 1. The largest absolute Gasteiger partial charge is 0.461 e. The van der Waals surface area contributed by atoms with Crippen LogP contribution in [0.5, 0.6) is 0 Å². The fourth-order valence-electron chi connectivity index (χ4n) is 2.51. The third kappa shape index (κ3) is 4.14. The van der Waals surface area contributed by atoms with Crippen LogP contribution in [0, 0.1) is 5.92 Å². The molecule has 0 bridgehead atoms. The van der Waals surface area contributed by atoms with Crippen LogP contribution in [-0.4, -0.2) is 41.5 Å². The second kappa shape index (κ2) is 7.36. The second-order valence-electron chi connectivity index (χ2n) is 5.05. The van der Waals surface area contributed by atoms with E-state index in [2.05, 4.69) is 11.6 Å². The van der Waals surface area contributed by atoms with E-state index in [4.69, 9.17) is 4.74 Å². The minimum absolute atomic E-state index is 0.00829. The lowest BCUT2D eigenvalue weighted by molar-refractivity contribution is -0.127.